The van der Waals surface area contributed by atoms with Crippen molar-refractivity contribution in [3.8, 4) is 5.75 Å². The predicted octanol–water partition coefficient (Wildman–Crippen LogP) is 4.24. The predicted molar refractivity (Wildman–Crippen MR) is 91.2 cm³/mol. The average Bonchev–Trinajstić information content (AvgIpc) is 3.05. The number of H-pyrrole nitrogens is 1. The molecule has 0 spiro atoms. The lowest BCUT2D eigenvalue weighted by molar-refractivity contribution is -0.274. The van der Waals surface area contributed by atoms with Crippen LogP contribution >= 0.6 is 0 Å². The topological polar surface area (TPSA) is 54.0 Å². The molecule has 1 aliphatic heterocycles. The van der Waals surface area contributed by atoms with Crippen molar-refractivity contribution >= 4 is 16.9 Å². The number of alkyl halides is 3. The largest absolute Gasteiger partial charge is 0.573 e. The average molecular weight is 362 g/mol. The Morgan fingerprint density at radius 3 is 2.62 bits per heavy atom. The Balaban J connectivity index is 1.42. The van der Waals surface area contributed by atoms with Gasteiger partial charge in [-0.25, -0.2) is 9.97 Å². The third-order valence-corrected chi connectivity index (χ3v) is 4.70. The number of fused-ring (bicyclic) bond motifs is 1. The highest BCUT2D eigenvalue weighted by Gasteiger charge is 2.31. The third kappa shape index (κ3) is 3.44. The number of hydrogen-bond donors (Lipinski definition) is 1. The summed E-state index contributed by atoms with van der Waals surface area (Å²) in [5.41, 5.74) is 2.17. The summed E-state index contributed by atoms with van der Waals surface area (Å²) in [5, 5.41) is 1.15. The molecule has 0 radical (unpaired) electrons. The lowest BCUT2D eigenvalue weighted by atomic mass is 9.89. The molecule has 0 aliphatic carbocycles. The SMILES string of the molecule is FC(F)(F)Oc1ccc(N2CCC(c3c[nH]c4ncccc34)CC2)nc1. The van der Waals surface area contributed by atoms with E-state index in [1.807, 2.05) is 12.3 Å². The lowest BCUT2D eigenvalue weighted by Crippen LogP contribution is -2.33. The monoisotopic (exact) mass is 362 g/mol. The number of pyridine rings is 2. The number of piperidine rings is 1. The van der Waals surface area contributed by atoms with E-state index in [1.165, 1.54) is 11.6 Å². The molecular formula is C18H17F3N4O. The van der Waals surface area contributed by atoms with Gasteiger partial charge in [0.15, 0.2) is 0 Å². The first-order valence-corrected chi connectivity index (χ1v) is 8.38. The molecular weight excluding hydrogens is 345 g/mol. The van der Waals surface area contributed by atoms with Crippen LogP contribution in [0.1, 0.15) is 24.3 Å². The molecule has 4 heterocycles. The van der Waals surface area contributed by atoms with Gasteiger partial charge in [-0.2, -0.15) is 0 Å². The fourth-order valence-electron chi connectivity index (χ4n) is 3.49. The summed E-state index contributed by atoms with van der Waals surface area (Å²) in [6, 6.07) is 6.87. The number of nitrogens with one attached hydrogen (secondary N) is 1. The molecule has 1 aliphatic rings. The third-order valence-electron chi connectivity index (χ3n) is 4.70. The molecule has 0 saturated carbocycles. The van der Waals surface area contributed by atoms with Gasteiger partial charge in [0.25, 0.3) is 0 Å². The Bertz CT molecular complexity index is 883. The van der Waals surface area contributed by atoms with Crippen molar-refractivity contribution in [2.75, 3.05) is 18.0 Å². The van der Waals surface area contributed by atoms with Crippen molar-refractivity contribution in [2.45, 2.75) is 25.1 Å². The van der Waals surface area contributed by atoms with E-state index in [0.717, 1.165) is 43.2 Å². The molecule has 0 unspecified atom stereocenters. The minimum absolute atomic E-state index is 0.303. The number of rotatable bonds is 3. The maximum Gasteiger partial charge on any atom is 0.573 e. The van der Waals surface area contributed by atoms with Gasteiger partial charge in [0.05, 0.1) is 6.20 Å². The molecule has 136 valence electrons. The minimum Gasteiger partial charge on any atom is -0.404 e. The first-order chi connectivity index (χ1) is 12.5. The second-order valence-electron chi connectivity index (χ2n) is 6.30. The van der Waals surface area contributed by atoms with Crippen LogP contribution in [0.2, 0.25) is 0 Å². The van der Waals surface area contributed by atoms with E-state index in [9.17, 15) is 13.2 Å². The first-order valence-electron chi connectivity index (χ1n) is 8.38. The van der Waals surface area contributed by atoms with Gasteiger partial charge in [0, 0.05) is 30.9 Å². The van der Waals surface area contributed by atoms with E-state index in [0.29, 0.717) is 11.7 Å². The quantitative estimate of drug-likeness (QED) is 0.757. The Hall–Kier alpha value is -2.77. The highest BCUT2D eigenvalue weighted by atomic mass is 19.4. The Labute approximate surface area is 147 Å². The first kappa shape index (κ1) is 16.7. The second kappa shape index (κ2) is 6.51. The maximum atomic E-state index is 12.2. The zero-order chi connectivity index (χ0) is 18.1. The van der Waals surface area contributed by atoms with Crippen LogP contribution in [0.5, 0.6) is 5.75 Å². The summed E-state index contributed by atoms with van der Waals surface area (Å²) >= 11 is 0. The van der Waals surface area contributed by atoms with Gasteiger partial charge in [-0.3, -0.25) is 0 Å². The van der Waals surface area contributed by atoms with Gasteiger partial charge in [-0.1, -0.05) is 0 Å². The van der Waals surface area contributed by atoms with Crippen LogP contribution in [0, 0.1) is 0 Å². The van der Waals surface area contributed by atoms with E-state index in [-0.39, 0.29) is 5.75 Å². The highest BCUT2D eigenvalue weighted by Crippen LogP contribution is 2.34. The van der Waals surface area contributed by atoms with Crippen molar-refractivity contribution in [1.29, 1.82) is 0 Å². The van der Waals surface area contributed by atoms with Crippen LogP contribution in [0.3, 0.4) is 0 Å². The number of nitrogens with zero attached hydrogens (tertiary/aromatic N) is 3. The van der Waals surface area contributed by atoms with Gasteiger partial charge in [0.1, 0.15) is 17.2 Å². The standard InChI is InChI=1S/C18H17F3N4O/c19-18(20,21)26-13-3-4-16(23-10-13)25-8-5-12(6-9-25)15-11-24-17-14(15)2-1-7-22-17/h1-4,7,10-12H,5-6,8-9H2,(H,22,24). The summed E-state index contributed by atoms with van der Waals surface area (Å²) in [6.45, 7) is 1.59. The summed E-state index contributed by atoms with van der Waals surface area (Å²) in [4.78, 5) is 13.7. The van der Waals surface area contributed by atoms with Gasteiger partial charge >= 0.3 is 6.36 Å². The lowest BCUT2D eigenvalue weighted by Gasteiger charge is -2.32. The molecule has 0 aromatic carbocycles. The number of anilines is 1. The highest BCUT2D eigenvalue weighted by molar-refractivity contribution is 5.80. The smallest absolute Gasteiger partial charge is 0.404 e. The number of ether oxygens (including phenoxy) is 1. The summed E-state index contributed by atoms with van der Waals surface area (Å²) in [5.74, 6) is 0.790. The fraction of sp³-hybridized carbons (Fsp3) is 0.333. The minimum atomic E-state index is -4.70. The molecule has 0 amide bonds. The Kier molecular flexibility index (Phi) is 4.18. The number of aromatic amines is 1. The molecule has 0 bridgehead atoms. The van der Waals surface area contributed by atoms with Crippen LogP contribution < -0.4 is 9.64 Å². The van der Waals surface area contributed by atoms with Gasteiger partial charge < -0.3 is 14.6 Å². The van der Waals surface area contributed by atoms with E-state index in [2.05, 4.69) is 30.7 Å². The molecule has 26 heavy (non-hydrogen) atoms. The van der Waals surface area contributed by atoms with E-state index in [4.69, 9.17) is 0 Å². The Morgan fingerprint density at radius 2 is 1.92 bits per heavy atom. The zero-order valence-corrected chi connectivity index (χ0v) is 13.8. The molecule has 8 heteroatoms. The van der Waals surface area contributed by atoms with Crippen LogP contribution in [0.25, 0.3) is 11.0 Å². The molecule has 0 atom stereocenters. The molecule has 5 nitrogen and oxygen atoms in total. The number of aromatic nitrogens is 3. The number of halogens is 3. The van der Waals surface area contributed by atoms with E-state index in [1.54, 1.807) is 12.3 Å². The molecule has 3 aromatic rings. The molecule has 3 aromatic heterocycles. The second-order valence-corrected chi connectivity index (χ2v) is 6.30. The molecule has 1 saturated heterocycles. The van der Waals surface area contributed by atoms with Gasteiger partial charge in [-0.05, 0) is 48.6 Å². The van der Waals surface area contributed by atoms with Crippen molar-refractivity contribution in [3.05, 3.63) is 48.4 Å². The van der Waals surface area contributed by atoms with E-state index < -0.39 is 6.36 Å². The van der Waals surface area contributed by atoms with Gasteiger partial charge in [0.2, 0.25) is 0 Å². The molecule has 4 rings (SSSR count). The molecule has 1 fully saturated rings. The maximum absolute atomic E-state index is 12.2. The van der Waals surface area contributed by atoms with Crippen molar-refractivity contribution in [3.63, 3.8) is 0 Å². The zero-order valence-electron chi connectivity index (χ0n) is 13.8. The van der Waals surface area contributed by atoms with Crippen molar-refractivity contribution in [2.24, 2.45) is 0 Å². The van der Waals surface area contributed by atoms with Crippen molar-refractivity contribution < 1.29 is 17.9 Å². The van der Waals surface area contributed by atoms with Crippen LogP contribution in [-0.2, 0) is 0 Å². The number of hydrogen-bond acceptors (Lipinski definition) is 4. The van der Waals surface area contributed by atoms with Crippen LogP contribution in [-0.4, -0.2) is 34.4 Å². The van der Waals surface area contributed by atoms with E-state index >= 15 is 0 Å². The summed E-state index contributed by atoms with van der Waals surface area (Å²) in [6.07, 6.45) is 2.10. The van der Waals surface area contributed by atoms with Crippen LogP contribution in [0.15, 0.2) is 42.9 Å². The Morgan fingerprint density at radius 1 is 1.12 bits per heavy atom. The van der Waals surface area contributed by atoms with Crippen molar-refractivity contribution in [1.82, 2.24) is 15.0 Å². The normalized spacial score (nSPS) is 16.2. The summed E-state index contributed by atoms with van der Waals surface area (Å²) < 4.78 is 40.5. The van der Waals surface area contributed by atoms with Crippen LogP contribution in [0.4, 0.5) is 19.0 Å². The molecule has 1 N–H and O–H groups in total. The fourth-order valence-corrected chi connectivity index (χ4v) is 3.49. The van der Waals surface area contributed by atoms with Gasteiger partial charge in [-0.15, -0.1) is 13.2 Å². The summed E-state index contributed by atoms with van der Waals surface area (Å²) in [7, 11) is 0.